The first-order chi connectivity index (χ1) is 9.63. The van der Waals surface area contributed by atoms with Gasteiger partial charge in [0.05, 0.1) is 0 Å². The quantitative estimate of drug-likeness (QED) is 0.479. The zero-order valence-corrected chi connectivity index (χ0v) is 13.4. The summed E-state index contributed by atoms with van der Waals surface area (Å²) in [5.41, 5.74) is 3.34. The van der Waals surface area contributed by atoms with Crippen LogP contribution in [0.2, 0.25) is 0 Å². The lowest BCUT2D eigenvalue weighted by atomic mass is 10.1. The summed E-state index contributed by atoms with van der Waals surface area (Å²) in [5, 5.41) is 2.42. The lowest BCUT2D eigenvalue weighted by Crippen LogP contribution is -1.82. The molecule has 2 aromatic rings. The molecule has 0 bridgehead atoms. The van der Waals surface area contributed by atoms with Gasteiger partial charge in [-0.1, -0.05) is 65.1 Å². The van der Waals surface area contributed by atoms with E-state index in [0.717, 1.165) is 22.0 Å². The van der Waals surface area contributed by atoms with E-state index in [9.17, 15) is 0 Å². The van der Waals surface area contributed by atoms with Crippen molar-refractivity contribution in [2.45, 2.75) is 20.3 Å². The minimum atomic E-state index is 1.00. The van der Waals surface area contributed by atoms with Crippen LogP contribution in [0.15, 0.2) is 64.7 Å². The highest BCUT2D eigenvalue weighted by molar-refractivity contribution is 9.10. The highest BCUT2D eigenvalue weighted by atomic mass is 79.9. The normalized spacial score (nSPS) is 11.6. The van der Waals surface area contributed by atoms with E-state index < -0.39 is 0 Å². The van der Waals surface area contributed by atoms with Gasteiger partial charge in [-0.05, 0) is 48.4 Å². The van der Waals surface area contributed by atoms with Gasteiger partial charge >= 0.3 is 0 Å². The molecule has 0 radical (unpaired) electrons. The molecule has 1 heteroatoms. The zero-order chi connectivity index (χ0) is 14.5. The van der Waals surface area contributed by atoms with E-state index in [-0.39, 0.29) is 0 Å². The molecule has 20 heavy (non-hydrogen) atoms. The fourth-order valence-corrected chi connectivity index (χ4v) is 2.34. The Kier molecular flexibility index (Phi) is 4.82. The lowest BCUT2D eigenvalue weighted by molar-refractivity contribution is 1.09. The van der Waals surface area contributed by atoms with Gasteiger partial charge in [0.25, 0.3) is 0 Å². The van der Waals surface area contributed by atoms with E-state index in [1.54, 1.807) is 0 Å². The zero-order valence-electron chi connectivity index (χ0n) is 11.8. The van der Waals surface area contributed by atoms with Crippen molar-refractivity contribution < 1.29 is 0 Å². The van der Waals surface area contributed by atoms with E-state index >= 15 is 0 Å². The average Bonchev–Trinajstić information content (AvgIpc) is 2.47. The van der Waals surface area contributed by atoms with Crippen molar-refractivity contribution in [2.75, 3.05) is 0 Å². The van der Waals surface area contributed by atoms with Gasteiger partial charge < -0.3 is 0 Å². The molecule has 0 aliphatic heterocycles. The van der Waals surface area contributed by atoms with Crippen LogP contribution in [0.3, 0.4) is 0 Å². The second-order valence-electron chi connectivity index (χ2n) is 4.71. The molecule has 0 N–H and O–H groups in total. The van der Waals surface area contributed by atoms with Gasteiger partial charge in [-0.2, -0.15) is 0 Å². The van der Waals surface area contributed by atoms with Crippen molar-refractivity contribution >= 4 is 26.7 Å². The molecule has 0 nitrogen and oxygen atoms in total. The Bertz CT molecular complexity index is 739. The Balaban J connectivity index is 2.41. The molecule has 0 atom stereocenters. The molecule has 2 rings (SSSR count). The van der Waals surface area contributed by atoms with Crippen LogP contribution in [0.1, 0.15) is 25.8 Å². The van der Waals surface area contributed by atoms with Crippen LogP contribution in [-0.4, -0.2) is 0 Å². The minimum absolute atomic E-state index is 1.00. The molecule has 0 unspecified atom stereocenters. The first-order valence-corrected chi connectivity index (χ1v) is 7.47. The van der Waals surface area contributed by atoms with Crippen molar-refractivity contribution in [1.29, 1.82) is 0 Å². The first-order valence-electron chi connectivity index (χ1n) is 6.67. The molecule has 0 aliphatic rings. The summed E-state index contributed by atoms with van der Waals surface area (Å²) in [6.07, 6.45) is 2.84. The SMILES string of the molecule is C=CC(C#Cc1ccc2cc(Br)ccc2c1)=C(C)CC. The van der Waals surface area contributed by atoms with E-state index in [0.29, 0.717) is 0 Å². The van der Waals surface area contributed by atoms with Crippen molar-refractivity contribution in [3.05, 3.63) is 70.2 Å². The van der Waals surface area contributed by atoms with E-state index in [1.807, 2.05) is 6.08 Å². The van der Waals surface area contributed by atoms with Gasteiger partial charge in [-0.25, -0.2) is 0 Å². The molecule has 0 fully saturated rings. The second kappa shape index (κ2) is 6.59. The number of rotatable bonds is 2. The van der Waals surface area contributed by atoms with Crippen molar-refractivity contribution in [3.8, 4) is 11.8 Å². The van der Waals surface area contributed by atoms with Crippen LogP contribution in [0, 0.1) is 11.8 Å². The number of benzene rings is 2. The maximum absolute atomic E-state index is 3.84. The molecule has 0 aliphatic carbocycles. The monoisotopic (exact) mass is 324 g/mol. The second-order valence-corrected chi connectivity index (χ2v) is 5.62. The van der Waals surface area contributed by atoms with Crippen LogP contribution in [-0.2, 0) is 0 Å². The van der Waals surface area contributed by atoms with Crippen LogP contribution in [0.4, 0.5) is 0 Å². The number of hydrogen-bond donors (Lipinski definition) is 0. The topological polar surface area (TPSA) is 0 Å². The Morgan fingerprint density at radius 1 is 1.20 bits per heavy atom. The number of allylic oxidation sites excluding steroid dienone is 3. The molecule has 0 aromatic heterocycles. The predicted octanol–water partition coefficient (Wildman–Crippen LogP) is 5.87. The third-order valence-corrected chi connectivity index (χ3v) is 3.83. The van der Waals surface area contributed by atoms with Crippen molar-refractivity contribution in [2.24, 2.45) is 0 Å². The number of fused-ring (bicyclic) bond motifs is 1. The summed E-state index contributed by atoms with van der Waals surface area (Å²) in [6, 6.07) is 12.6. The Hall–Kier alpha value is -1.78. The standard InChI is InChI=1S/C19H17Br/c1-4-14(3)16(5-2)8-6-15-7-9-18-13-19(20)11-10-17(18)12-15/h5,7,9-13H,2,4H2,1,3H3. The van der Waals surface area contributed by atoms with Crippen LogP contribution in [0.25, 0.3) is 10.8 Å². The number of halogens is 1. The van der Waals surface area contributed by atoms with Gasteiger partial charge in [0.15, 0.2) is 0 Å². The van der Waals surface area contributed by atoms with E-state index in [1.165, 1.54) is 16.3 Å². The van der Waals surface area contributed by atoms with Gasteiger partial charge in [-0.3, -0.25) is 0 Å². The lowest BCUT2D eigenvalue weighted by Gasteiger charge is -2.00. The smallest absolute Gasteiger partial charge is 0.0255 e. The van der Waals surface area contributed by atoms with Crippen LogP contribution < -0.4 is 0 Å². The van der Waals surface area contributed by atoms with Gasteiger partial charge in [-0.15, -0.1) is 0 Å². The molecular formula is C19H17Br. The van der Waals surface area contributed by atoms with Gasteiger partial charge in [0.2, 0.25) is 0 Å². The first kappa shape index (κ1) is 14.6. The summed E-state index contributed by atoms with van der Waals surface area (Å²) in [4.78, 5) is 0. The fourth-order valence-electron chi connectivity index (χ4n) is 1.96. The molecule has 0 saturated heterocycles. The minimum Gasteiger partial charge on any atom is -0.0978 e. The van der Waals surface area contributed by atoms with Gasteiger partial charge in [0, 0.05) is 15.6 Å². The number of hydrogen-bond acceptors (Lipinski definition) is 0. The maximum Gasteiger partial charge on any atom is 0.0255 e. The third-order valence-electron chi connectivity index (χ3n) is 3.34. The molecule has 100 valence electrons. The molecular weight excluding hydrogens is 308 g/mol. The van der Waals surface area contributed by atoms with E-state index in [2.05, 4.69) is 84.6 Å². The van der Waals surface area contributed by atoms with Crippen molar-refractivity contribution in [1.82, 2.24) is 0 Å². The Morgan fingerprint density at radius 3 is 2.60 bits per heavy atom. The average molecular weight is 325 g/mol. The van der Waals surface area contributed by atoms with Crippen LogP contribution in [0.5, 0.6) is 0 Å². The van der Waals surface area contributed by atoms with Crippen LogP contribution >= 0.6 is 15.9 Å². The van der Waals surface area contributed by atoms with E-state index in [4.69, 9.17) is 0 Å². The largest absolute Gasteiger partial charge is 0.0978 e. The third kappa shape index (κ3) is 3.40. The highest BCUT2D eigenvalue weighted by Crippen LogP contribution is 2.20. The highest BCUT2D eigenvalue weighted by Gasteiger charge is 1.96. The summed E-state index contributed by atoms with van der Waals surface area (Å²) in [6.45, 7) is 8.07. The summed E-state index contributed by atoms with van der Waals surface area (Å²) in [5.74, 6) is 6.44. The fraction of sp³-hybridized carbons (Fsp3) is 0.158. The summed E-state index contributed by atoms with van der Waals surface area (Å²) < 4.78 is 1.10. The molecule has 0 saturated carbocycles. The summed E-state index contributed by atoms with van der Waals surface area (Å²) >= 11 is 3.49. The summed E-state index contributed by atoms with van der Waals surface area (Å²) in [7, 11) is 0. The molecule has 0 spiro atoms. The molecule has 0 heterocycles. The molecule has 0 amide bonds. The van der Waals surface area contributed by atoms with Crippen molar-refractivity contribution in [3.63, 3.8) is 0 Å². The maximum atomic E-state index is 3.84. The molecule has 2 aromatic carbocycles. The predicted molar refractivity (Wildman–Crippen MR) is 91.7 cm³/mol. The Morgan fingerprint density at radius 2 is 1.90 bits per heavy atom. The Labute approximate surface area is 129 Å². The van der Waals surface area contributed by atoms with Gasteiger partial charge in [0.1, 0.15) is 0 Å².